The van der Waals surface area contributed by atoms with E-state index in [2.05, 4.69) is 33.3 Å². The van der Waals surface area contributed by atoms with E-state index in [1.165, 1.54) is 16.7 Å². The van der Waals surface area contributed by atoms with Gasteiger partial charge in [0.15, 0.2) is 5.96 Å². The number of thiophene rings is 1. The molecule has 0 saturated heterocycles. The van der Waals surface area contributed by atoms with Crippen molar-refractivity contribution in [3.63, 3.8) is 0 Å². The highest BCUT2D eigenvalue weighted by Crippen LogP contribution is 2.43. The smallest absolute Gasteiger partial charge is 0.244 e. The highest BCUT2D eigenvalue weighted by Gasteiger charge is 2.46. The average molecular weight is 385 g/mol. The van der Waals surface area contributed by atoms with Crippen molar-refractivity contribution >= 4 is 35.0 Å². The van der Waals surface area contributed by atoms with Gasteiger partial charge in [-0.1, -0.05) is 5.92 Å². The summed E-state index contributed by atoms with van der Waals surface area (Å²) < 4.78 is 0. The molecule has 0 aromatic carbocycles. The standard InChI is InChI=1S/C19H20N4OS2/c1-5-6-12-7-13(10-21-9-12)14-8-15(26-11-14)19(2)16(25-4)17(24)23(3)18(20)22-19/h7-11,16H,1-4H3,(H2,20,22)/t16?,19-/m1/s1. The first-order chi connectivity index (χ1) is 12.4. The van der Waals surface area contributed by atoms with Gasteiger partial charge in [0.05, 0.1) is 0 Å². The van der Waals surface area contributed by atoms with Crippen molar-refractivity contribution in [2.45, 2.75) is 24.6 Å². The second-order valence-electron chi connectivity index (χ2n) is 6.17. The van der Waals surface area contributed by atoms with E-state index in [-0.39, 0.29) is 17.1 Å². The zero-order valence-corrected chi connectivity index (χ0v) is 16.7. The molecule has 0 fully saturated rings. The van der Waals surface area contributed by atoms with Crippen LogP contribution in [0.1, 0.15) is 24.3 Å². The van der Waals surface area contributed by atoms with Crippen molar-refractivity contribution < 1.29 is 4.79 Å². The van der Waals surface area contributed by atoms with E-state index in [0.29, 0.717) is 0 Å². The van der Waals surface area contributed by atoms with Crippen LogP contribution < -0.4 is 5.73 Å². The maximum atomic E-state index is 12.7. The number of pyridine rings is 1. The fraction of sp³-hybridized carbons (Fsp3) is 0.316. The number of carbonyl (C=O) groups is 1. The van der Waals surface area contributed by atoms with E-state index >= 15 is 0 Å². The lowest BCUT2D eigenvalue weighted by molar-refractivity contribution is -0.127. The first-order valence-electron chi connectivity index (χ1n) is 8.03. The highest BCUT2D eigenvalue weighted by atomic mass is 32.2. The van der Waals surface area contributed by atoms with Crippen LogP contribution in [0.2, 0.25) is 0 Å². The van der Waals surface area contributed by atoms with Crippen LogP contribution >= 0.6 is 23.1 Å². The molecule has 1 unspecified atom stereocenters. The fourth-order valence-electron chi connectivity index (χ4n) is 2.98. The molecule has 1 amide bonds. The van der Waals surface area contributed by atoms with Crippen LogP contribution in [0.25, 0.3) is 11.1 Å². The first kappa shape index (κ1) is 18.5. The molecule has 3 heterocycles. The number of hydrogen-bond acceptors (Lipinski definition) is 6. The Labute approximate surface area is 161 Å². The van der Waals surface area contributed by atoms with E-state index in [0.717, 1.165) is 21.6 Å². The topological polar surface area (TPSA) is 71.6 Å². The van der Waals surface area contributed by atoms with Gasteiger partial charge in [-0.05, 0) is 43.2 Å². The molecule has 3 rings (SSSR count). The van der Waals surface area contributed by atoms with E-state index in [1.807, 2.05) is 25.4 Å². The van der Waals surface area contributed by atoms with Gasteiger partial charge in [-0.15, -0.1) is 29.0 Å². The van der Waals surface area contributed by atoms with E-state index in [9.17, 15) is 4.79 Å². The molecule has 1 aliphatic heterocycles. The SMILES string of the molecule is CC#Cc1cncc(-c2csc([C@@]3(C)N=C(N)N(C)C(=O)C3SC)c2)c1. The lowest BCUT2D eigenvalue weighted by atomic mass is 9.92. The molecule has 0 radical (unpaired) electrons. The number of amides is 1. The zero-order chi connectivity index (χ0) is 18.9. The quantitative estimate of drug-likeness (QED) is 0.826. The number of aromatic nitrogens is 1. The van der Waals surface area contributed by atoms with Gasteiger partial charge in [-0.2, -0.15) is 0 Å². The van der Waals surface area contributed by atoms with Gasteiger partial charge in [0.1, 0.15) is 10.8 Å². The van der Waals surface area contributed by atoms with Gasteiger partial charge >= 0.3 is 0 Å². The Morgan fingerprint density at radius 1 is 1.35 bits per heavy atom. The molecule has 5 nitrogen and oxygen atoms in total. The molecule has 1 aliphatic rings. The highest BCUT2D eigenvalue weighted by molar-refractivity contribution is 8.00. The van der Waals surface area contributed by atoms with Crippen molar-refractivity contribution in [3.05, 3.63) is 40.3 Å². The van der Waals surface area contributed by atoms with Crippen LogP contribution in [-0.4, -0.2) is 40.3 Å². The van der Waals surface area contributed by atoms with Crippen LogP contribution in [-0.2, 0) is 10.3 Å². The predicted octanol–water partition coefficient (Wildman–Crippen LogP) is 2.92. The van der Waals surface area contributed by atoms with Gasteiger partial charge in [-0.3, -0.25) is 14.7 Å². The van der Waals surface area contributed by atoms with E-state index < -0.39 is 5.54 Å². The Balaban J connectivity index is 2.04. The normalized spacial score (nSPS) is 22.6. The van der Waals surface area contributed by atoms with Crippen LogP contribution in [0.5, 0.6) is 0 Å². The number of aliphatic imine (C=N–C) groups is 1. The number of hydrogen-bond donors (Lipinski definition) is 1. The zero-order valence-electron chi connectivity index (χ0n) is 15.1. The maximum absolute atomic E-state index is 12.7. The minimum Gasteiger partial charge on any atom is -0.369 e. The Hall–Kier alpha value is -2.30. The molecule has 2 atom stereocenters. The first-order valence-corrected chi connectivity index (χ1v) is 10.2. The number of thioether (sulfide) groups is 1. The van der Waals surface area contributed by atoms with Gasteiger partial charge < -0.3 is 5.73 Å². The van der Waals surface area contributed by atoms with E-state index in [1.54, 1.807) is 31.5 Å². The second-order valence-corrected chi connectivity index (χ2v) is 8.02. The fourth-order valence-corrected chi connectivity index (χ4v) is 5.11. The maximum Gasteiger partial charge on any atom is 0.244 e. The molecule has 2 aromatic heterocycles. The molecule has 134 valence electrons. The average Bonchev–Trinajstić information content (AvgIpc) is 3.12. The minimum atomic E-state index is -0.690. The summed E-state index contributed by atoms with van der Waals surface area (Å²) in [5.74, 6) is 6.14. The molecule has 26 heavy (non-hydrogen) atoms. The van der Waals surface area contributed by atoms with Crippen molar-refractivity contribution in [2.24, 2.45) is 10.7 Å². The largest absolute Gasteiger partial charge is 0.369 e. The predicted molar refractivity (Wildman–Crippen MR) is 109 cm³/mol. The van der Waals surface area contributed by atoms with Crippen molar-refractivity contribution in [3.8, 4) is 23.0 Å². The number of guanidine groups is 1. The summed E-state index contributed by atoms with van der Waals surface area (Å²) in [6, 6.07) is 4.09. The molecular weight excluding hydrogens is 364 g/mol. The van der Waals surface area contributed by atoms with Crippen LogP contribution in [0.4, 0.5) is 0 Å². The molecule has 7 heteroatoms. The minimum absolute atomic E-state index is 0.0238. The van der Waals surface area contributed by atoms with E-state index in [4.69, 9.17) is 5.73 Å². The number of rotatable bonds is 3. The lowest BCUT2D eigenvalue weighted by Gasteiger charge is -2.38. The summed E-state index contributed by atoms with van der Waals surface area (Å²) in [6.45, 7) is 3.77. The Morgan fingerprint density at radius 2 is 2.12 bits per heavy atom. The second kappa shape index (κ2) is 7.14. The third kappa shape index (κ3) is 3.11. The Morgan fingerprint density at radius 3 is 2.81 bits per heavy atom. The van der Waals surface area contributed by atoms with Gasteiger partial charge in [0, 0.05) is 35.4 Å². The number of nitrogens with two attached hydrogens (primary N) is 1. The van der Waals surface area contributed by atoms with Gasteiger partial charge in [0.25, 0.3) is 0 Å². The summed E-state index contributed by atoms with van der Waals surface area (Å²) in [7, 11) is 1.66. The number of carbonyl (C=O) groups excluding carboxylic acids is 1. The molecule has 0 bridgehead atoms. The molecule has 0 spiro atoms. The van der Waals surface area contributed by atoms with Crippen molar-refractivity contribution in [2.75, 3.05) is 13.3 Å². The van der Waals surface area contributed by atoms with Crippen molar-refractivity contribution in [1.82, 2.24) is 9.88 Å². The third-order valence-corrected chi connectivity index (χ3v) is 6.72. The van der Waals surface area contributed by atoms with Gasteiger partial charge in [0.2, 0.25) is 5.91 Å². The summed E-state index contributed by atoms with van der Waals surface area (Å²) in [5.41, 5.74) is 8.22. The molecule has 2 N–H and O–H groups in total. The monoisotopic (exact) mass is 384 g/mol. The molecule has 2 aromatic rings. The summed E-state index contributed by atoms with van der Waals surface area (Å²) in [5, 5.41) is 1.74. The molecular formula is C19H20N4OS2. The Kier molecular flexibility index (Phi) is 5.08. The summed E-state index contributed by atoms with van der Waals surface area (Å²) in [4.78, 5) is 24.0. The van der Waals surface area contributed by atoms with Crippen molar-refractivity contribution in [1.29, 1.82) is 0 Å². The molecule has 0 saturated carbocycles. The van der Waals surface area contributed by atoms with Crippen LogP contribution in [0.15, 0.2) is 34.9 Å². The molecule has 0 aliphatic carbocycles. The third-order valence-electron chi connectivity index (χ3n) is 4.43. The van der Waals surface area contributed by atoms with Crippen LogP contribution in [0, 0.1) is 11.8 Å². The summed E-state index contributed by atoms with van der Waals surface area (Å²) >= 11 is 3.08. The Bertz CT molecular complexity index is 940. The van der Waals surface area contributed by atoms with Crippen LogP contribution in [0.3, 0.4) is 0 Å². The number of nitrogens with zero attached hydrogens (tertiary/aromatic N) is 3. The van der Waals surface area contributed by atoms with Gasteiger partial charge in [-0.25, -0.2) is 4.99 Å². The summed E-state index contributed by atoms with van der Waals surface area (Å²) in [6.07, 6.45) is 5.49. The lowest BCUT2D eigenvalue weighted by Crippen LogP contribution is -2.55.